The first-order valence-electron chi connectivity index (χ1n) is 6.78. The first kappa shape index (κ1) is 11.9. The average Bonchev–Trinajstić information content (AvgIpc) is 2.93. The molecular weight excluding hydrogens is 229 g/mol. The number of benzene rings is 1. The van der Waals surface area contributed by atoms with E-state index in [0.717, 1.165) is 45.0 Å². The molecule has 1 N–H and O–H groups in total. The molecule has 1 aromatic rings. The van der Waals surface area contributed by atoms with Crippen molar-refractivity contribution in [2.24, 2.45) is 0 Å². The van der Waals surface area contributed by atoms with Gasteiger partial charge in [-0.05, 0) is 31.2 Å². The van der Waals surface area contributed by atoms with Gasteiger partial charge in [0, 0.05) is 44.5 Å². The second-order valence-corrected chi connectivity index (χ2v) is 5.15. The first-order chi connectivity index (χ1) is 8.83. The second kappa shape index (κ2) is 5.24. The molecule has 1 unspecified atom stereocenters. The summed E-state index contributed by atoms with van der Waals surface area (Å²) in [6, 6.07) is 7.63. The van der Waals surface area contributed by atoms with Crippen molar-refractivity contribution in [1.82, 2.24) is 10.2 Å². The van der Waals surface area contributed by atoms with Crippen LogP contribution in [0.1, 0.15) is 6.42 Å². The smallest absolute Gasteiger partial charge is 0.125 e. The Bertz CT molecular complexity index is 396. The molecule has 1 atom stereocenters. The summed E-state index contributed by atoms with van der Waals surface area (Å²) in [5.74, 6) is -0.144. The van der Waals surface area contributed by atoms with Gasteiger partial charge in [-0.25, -0.2) is 4.39 Å². The second-order valence-electron chi connectivity index (χ2n) is 5.15. The largest absolute Gasteiger partial charge is 0.369 e. The molecule has 0 saturated carbocycles. The van der Waals surface area contributed by atoms with Gasteiger partial charge < -0.3 is 10.2 Å². The van der Waals surface area contributed by atoms with Gasteiger partial charge in [0.05, 0.1) is 0 Å². The highest BCUT2D eigenvalue weighted by molar-refractivity contribution is 5.46. The van der Waals surface area contributed by atoms with Crippen LogP contribution in [0.5, 0.6) is 0 Å². The Kier molecular flexibility index (Phi) is 3.48. The van der Waals surface area contributed by atoms with E-state index in [-0.39, 0.29) is 5.82 Å². The van der Waals surface area contributed by atoms with Crippen LogP contribution in [-0.4, -0.2) is 50.2 Å². The van der Waals surface area contributed by atoms with Gasteiger partial charge in [-0.3, -0.25) is 4.90 Å². The highest BCUT2D eigenvalue weighted by atomic mass is 19.1. The summed E-state index contributed by atoms with van der Waals surface area (Å²) < 4.78 is 13.2. The van der Waals surface area contributed by atoms with Crippen molar-refractivity contribution >= 4 is 5.69 Å². The number of nitrogens with zero attached hydrogens (tertiary/aromatic N) is 2. The number of hydrogen-bond donors (Lipinski definition) is 1. The van der Waals surface area contributed by atoms with Crippen LogP contribution in [0, 0.1) is 5.82 Å². The van der Waals surface area contributed by atoms with Gasteiger partial charge in [0.15, 0.2) is 0 Å². The molecule has 3 rings (SSSR count). The fourth-order valence-electron chi connectivity index (χ4n) is 2.97. The minimum absolute atomic E-state index is 0.144. The van der Waals surface area contributed by atoms with Crippen LogP contribution in [0.15, 0.2) is 24.3 Å². The number of nitrogens with one attached hydrogen (secondary N) is 1. The van der Waals surface area contributed by atoms with Gasteiger partial charge in [0.1, 0.15) is 5.82 Å². The van der Waals surface area contributed by atoms with Gasteiger partial charge in [0.2, 0.25) is 0 Å². The summed E-state index contributed by atoms with van der Waals surface area (Å²) in [4.78, 5) is 4.84. The summed E-state index contributed by atoms with van der Waals surface area (Å²) >= 11 is 0. The van der Waals surface area contributed by atoms with Crippen LogP contribution in [0.25, 0.3) is 0 Å². The van der Waals surface area contributed by atoms with Crippen molar-refractivity contribution in [3.8, 4) is 0 Å². The quantitative estimate of drug-likeness (QED) is 0.852. The van der Waals surface area contributed by atoms with Gasteiger partial charge >= 0.3 is 0 Å². The van der Waals surface area contributed by atoms with Gasteiger partial charge in [-0.2, -0.15) is 0 Å². The molecule has 98 valence electrons. The van der Waals surface area contributed by atoms with Crippen LogP contribution in [0.4, 0.5) is 10.1 Å². The van der Waals surface area contributed by atoms with Crippen molar-refractivity contribution in [2.45, 2.75) is 12.5 Å². The molecule has 0 spiro atoms. The highest BCUT2D eigenvalue weighted by Gasteiger charge is 2.25. The van der Waals surface area contributed by atoms with Gasteiger partial charge in [-0.1, -0.05) is 6.07 Å². The number of piperazine rings is 1. The van der Waals surface area contributed by atoms with Crippen molar-refractivity contribution < 1.29 is 4.39 Å². The minimum atomic E-state index is -0.144. The van der Waals surface area contributed by atoms with Crippen molar-refractivity contribution in [3.63, 3.8) is 0 Å². The first-order valence-corrected chi connectivity index (χ1v) is 6.78. The molecule has 1 aromatic carbocycles. The third kappa shape index (κ3) is 2.49. The van der Waals surface area contributed by atoms with E-state index < -0.39 is 0 Å². The lowest BCUT2D eigenvalue weighted by atomic mass is 10.1. The summed E-state index contributed by atoms with van der Waals surface area (Å²) in [5.41, 5.74) is 1.01. The Morgan fingerprint density at radius 3 is 2.67 bits per heavy atom. The topological polar surface area (TPSA) is 18.5 Å². The van der Waals surface area contributed by atoms with E-state index >= 15 is 0 Å². The van der Waals surface area contributed by atoms with Crippen LogP contribution in [0.3, 0.4) is 0 Å². The highest BCUT2D eigenvalue weighted by Crippen LogP contribution is 2.19. The Morgan fingerprint density at radius 1 is 1.17 bits per heavy atom. The molecule has 3 nitrogen and oxygen atoms in total. The minimum Gasteiger partial charge on any atom is -0.369 e. The number of halogens is 1. The Hall–Kier alpha value is -1.13. The molecule has 0 bridgehead atoms. The monoisotopic (exact) mass is 249 g/mol. The summed E-state index contributed by atoms with van der Waals surface area (Å²) in [6.45, 7) is 6.44. The summed E-state index contributed by atoms with van der Waals surface area (Å²) in [7, 11) is 0. The van der Waals surface area contributed by atoms with Crippen LogP contribution >= 0.6 is 0 Å². The van der Waals surface area contributed by atoms with E-state index in [0.29, 0.717) is 6.04 Å². The van der Waals surface area contributed by atoms with Gasteiger partial charge in [-0.15, -0.1) is 0 Å². The molecule has 2 fully saturated rings. The predicted octanol–water partition coefficient (Wildman–Crippen LogP) is 1.31. The maximum absolute atomic E-state index is 13.2. The maximum atomic E-state index is 13.2. The van der Waals surface area contributed by atoms with Crippen LogP contribution in [-0.2, 0) is 0 Å². The fourth-order valence-corrected chi connectivity index (χ4v) is 2.97. The van der Waals surface area contributed by atoms with E-state index in [2.05, 4.69) is 15.1 Å². The molecule has 0 aromatic heterocycles. The Morgan fingerprint density at radius 2 is 2.00 bits per heavy atom. The van der Waals surface area contributed by atoms with Gasteiger partial charge in [0.25, 0.3) is 0 Å². The lowest BCUT2D eigenvalue weighted by Gasteiger charge is -2.38. The normalized spacial score (nSPS) is 25.6. The molecule has 2 saturated heterocycles. The van der Waals surface area contributed by atoms with Crippen molar-refractivity contribution in [2.75, 3.05) is 44.2 Å². The van der Waals surface area contributed by atoms with Crippen LogP contribution < -0.4 is 10.2 Å². The Labute approximate surface area is 108 Å². The molecule has 2 aliphatic rings. The average molecular weight is 249 g/mol. The zero-order valence-corrected chi connectivity index (χ0v) is 10.6. The van der Waals surface area contributed by atoms with Crippen molar-refractivity contribution in [1.29, 1.82) is 0 Å². The summed E-state index contributed by atoms with van der Waals surface area (Å²) in [5, 5.41) is 3.42. The number of hydrogen-bond acceptors (Lipinski definition) is 3. The Balaban J connectivity index is 1.59. The van der Waals surface area contributed by atoms with Crippen molar-refractivity contribution in [3.05, 3.63) is 30.1 Å². The molecule has 0 aliphatic carbocycles. The third-order valence-corrected chi connectivity index (χ3v) is 4.04. The lowest BCUT2D eigenvalue weighted by Crippen LogP contribution is -2.51. The fraction of sp³-hybridized carbons (Fsp3) is 0.571. The molecule has 18 heavy (non-hydrogen) atoms. The molecule has 0 radical (unpaired) electrons. The molecule has 2 aliphatic heterocycles. The van der Waals surface area contributed by atoms with E-state index in [1.54, 1.807) is 12.1 Å². The lowest BCUT2D eigenvalue weighted by molar-refractivity contribution is 0.196. The number of rotatable bonds is 2. The standard InChI is InChI=1S/C14H20FN3/c15-12-2-1-3-13(10-12)17-6-8-18(9-7-17)14-4-5-16-11-14/h1-3,10,14,16H,4-9,11H2. The van der Waals surface area contributed by atoms with E-state index in [1.165, 1.54) is 12.5 Å². The summed E-state index contributed by atoms with van der Waals surface area (Å²) in [6.07, 6.45) is 1.26. The molecule has 4 heteroatoms. The van der Waals surface area contributed by atoms with E-state index in [1.807, 2.05) is 6.07 Å². The molecule has 2 heterocycles. The SMILES string of the molecule is Fc1cccc(N2CCN(C3CCNC3)CC2)c1. The molecular formula is C14H20FN3. The maximum Gasteiger partial charge on any atom is 0.125 e. The zero-order valence-electron chi connectivity index (χ0n) is 10.6. The third-order valence-electron chi connectivity index (χ3n) is 4.04. The van der Waals surface area contributed by atoms with Crippen LogP contribution in [0.2, 0.25) is 0 Å². The van der Waals surface area contributed by atoms with E-state index in [4.69, 9.17) is 0 Å². The van der Waals surface area contributed by atoms with E-state index in [9.17, 15) is 4.39 Å². The zero-order chi connectivity index (χ0) is 12.4. The number of anilines is 1. The molecule has 0 amide bonds. The predicted molar refractivity (Wildman–Crippen MR) is 71.5 cm³/mol.